The van der Waals surface area contributed by atoms with Crippen LogP contribution in [0.4, 0.5) is 5.69 Å². The number of thiocarbonyl (C=S) groups is 1. The third kappa shape index (κ3) is 4.61. The Bertz CT molecular complexity index is 686. The fraction of sp³-hybridized carbons (Fsp3) is 0.316. The summed E-state index contributed by atoms with van der Waals surface area (Å²) < 4.78 is 10.6. The van der Waals surface area contributed by atoms with Crippen LogP contribution in [0.5, 0.6) is 11.5 Å². The van der Waals surface area contributed by atoms with Gasteiger partial charge in [0.15, 0.2) is 5.11 Å². The first-order valence-electron chi connectivity index (χ1n) is 7.93. The highest BCUT2D eigenvalue weighted by Gasteiger charge is 2.12. The molecular weight excluding hydrogens is 320 g/mol. The number of rotatable bonds is 6. The number of hydrogen-bond acceptors (Lipinski definition) is 3. The monoisotopic (exact) mass is 344 g/mol. The number of nitrogens with one attached hydrogen (secondary N) is 2. The summed E-state index contributed by atoms with van der Waals surface area (Å²) >= 11 is 5.46. The Morgan fingerprint density at radius 1 is 1.08 bits per heavy atom. The van der Waals surface area contributed by atoms with Crippen LogP contribution in [0.1, 0.15) is 30.5 Å². The molecule has 0 fully saturated rings. The van der Waals surface area contributed by atoms with Gasteiger partial charge in [-0.3, -0.25) is 0 Å². The average Bonchev–Trinajstić information content (AvgIpc) is 2.60. The molecule has 2 aromatic carbocycles. The molecule has 24 heavy (non-hydrogen) atoms. The van der Waals surface area contributed by atoms with Gasteiger partial charge in [-0.2, -0.15) is 0 Å². The molecule has 0 amide bonds. The molecule has 0 heterocycles. The first-order valence-corrected chi connectivity index (χ1v) is 8.34. The van der Waals surface area contributed by atoms with Gasteiger partial charge < -0.3 is 20.1 Å². The molecule has 0 saturated heterocycles. The first-order chi connectivity index (χ1) is 11.6. The molecule has 0 radical (unpaired) electrons. The highest BCUT2D eigenvalue weighted by Crippen LogP contribution is 2.29. The lowest BCUT2D eigenvalue weighted by Crippen LogP contribution is -2.32. The van der Waals surface area contributed by atoms with Crippen LogP contribution in [-0.4, -0.2) is 19.3 Å². The molecular formula is C19H24N2O2S. The van der Waals surface area contributed by atoms with E-state index in [1.54, 1.807) is 14.2 Å². The van der Waals surface area contributed by atoms with E-state index < -0.39 is 0 Å². The minimum Gasteiger partial charge on any atom is -0.497 e. The fourth-order valence-corrected chi connectivity index (χ4v) is 2.69. The Morgan fingerprint density at radius 2 is 1.79 bits per heavy atom. The van der Waals surface area contributed by atoms with Crippen molar-refractivity contribution in [2.75, 3.05) is 19.5 Å². The van der Waals surface area contributed by atoms with Gasteiger partial charge in [0, 0.05) is 6.07 Å². The molecule has 5 heteroatoms. The predicted molar refractivity (Wildman–Crippen MR) is 103 cm³/mol. The number of hydrogen-bond donors (Lipinski definition) is 2. The average molecular weight is 344 g/mol. The van der Waals surface area contributed by atoms with E-state index in [9.17, 15) is 0 Å². The first kappa shape index (κ1) is 18.1. The number of methoxy groups -OCH3 is 2. The van der Waals surface area contributed by atoms with E-state index in [4.69, 9.17) is 21.7 Å². The Kier molecular flexibility index (Phi) is 6.44. The summed E-state index contributed by atoms with van der Waals surface area (Å²) in [5.74, 6) is 1.42. The van der Waals surface area contributed by atoms with Crippen molar-refractivity contribution in [2.24, 2.45) is 0 Å². The van der Waals surface area contributed by atoms with Crippen LogP contribution in [-0.2, 0) is 0 Å². The van der Waals surface area contributed by atoms with Gasteiger partial charge in [0.05, 0.1) is 25.9 Å². The molecule has 0 aliphatic carbocycles. The quantitative estimate of drug-likeness (QED) is 0.758. The second kappa shape index (κ2) is 8.55. The van der Waals surface area contributed by atoms with E-state index in [1.807, 2.05) is 18.2 Å². The van der Waals surface area contributed by atoms with Gasteiger partial charge in [0.2, 0.25) is 0 Å². The maximum atomic E-state index is 5.46. The SMILES string of the molecule is CCC(NC(=S)Nc1ccc(OC)cc1OC)c1ccc(C)cc1. The summed E-state index contributed by atoms with van der Waals surface area (Å²) in [6, 6.07) is 14.2. The van der Waals surface area contributed by atoms with Gasteiger partial charge in [0.25, 0.3) is 0 Å². The number of anilines is 1. The van der Waals surface area contributed by atoms with Gasteiger partial charge in [-0.05, 0) is 43.3 Å². The highest BCUT2D eigenvalue weighted by molar-refractivity contribution is 7.80. The highest BCUT2D eigenvalue weighted by atomic mass is 32.1. The van der Waals surface area contributed by atoms with Crippen molar-refractivity contribution in [1.82, 2.24) is 5.32 Å². The van der Waals surface area contributed by atoms with Crippen molar-refractivity contribution in [2.45, 2.75) is 26.3 Å². The summed E-state index contributed by atoms with van der Waals surface area (Å²) in [5, 5.41) is 7.12. The molecule has 1 atom stereocenters. The lowest BCUT2D eigenvalue weighted by atomic mass is 10.0. The smallest absolute Gasteiger partial charge is 0.171 e. The van der Waals surface area contributed by atoms with Crippen LogP contribution in [0.3, 0.4) is 0 Å². The van der Waals surface area contributed by atoms with E-state index in [-0.39, 0.29) is 6.04 Å². The standard InChI is InChI=1S/C19H24N2O2S/c1-5-16(14-8-6-13(2)7-9-14)20-19(24)21-17-11-10-15(22-3)12-18(17)23-4/h6-12,16H,5H2,1-4H3,(H2,20,21,24). The summed E-state index contributed by atoms with van der Waals surface area (Å²) in [5.41, 5.74) is 3.26. The summed E-state index contributed by atoms with van der Waals surface area (Å²) in [6.07, 6.45) is 0.935. The molecule has 0 aliphatic heterocycles. The Morgan fingerprint density at radius 3 is 2.38 bits per heavy atom. The Labute approximate surface area is 149 Å². The van der Waals surface area contributed by atoms with Gasteiger partial charge in [-0.1, -0.05) is 36.8 Å². The predicted octanol–water partition coefficient (Wildman–Crippen LogP) is 4.45. The van der Waals surface area contributed by atoms with E-state index in [2.05, 4.69) is 48.7 Å². The Hall–Kier alpha value is -2.27. The molecule has 0 bridgehead atoms. The molecule has 4 nitrogen and oxygen atoms in total. The van der Waals surface area contributed by atoms with E-state index in [0.29, 0.717) is 10.9 Å². The van der Waals surface area contributed by atoms with Crippen molar-refractivity contribution in [3.05, 3.63) is 53.6 Å². The molecule has 128 valence electrons. The van der Waals surface area contributed by atoms with Crippen molar-refractivity contribution in [3.8, 4) is 11.5 Å². The third-order valence-corrected chi connectivity index (χ3v) is 4.07. The molecule has 2 aromatic rings. The maximum absolute atomic E-state index is 5.46. The second-order valence-corrected chi connectivity index (χ2v) is 5.94. The third-order valence-electron chi connectivity index (χ3n) is 3.85. The summed E-state index contributed by atoms with van der Waals surface area (Å²) in [6.45, 7) is 4.22. The minimum atomic E-state index is 0.162. The fourth-order valence-electron chi connectivity index (χ4n) is 2.44. The van der Waals surface area contributed by atoms with Crippen LogP contribution in [0.15, 0.2) is 42.5 Å². The van der Waals surface area contributed by atoms with Gasteiger partial charge in [0.1, 0.15) is 11.5 Å². The van der Waals surface area contributed by atoms with Crippen LogP contribution in [0.2, 0.25) is 0 Å². The van der Waals surface area contributed by atoms with Crippen LogP contribution < -0.4 is 20.1 Å². The largest absolute Gasteiger partial charge is 0.497 e. The molecule has 0 spiro atoms. The van der Waals surface area contributed by atoms with Gasteiger partial charge in [-0.25, -0.2) is 0 Å². The Balaban J connectivity index is 2.07. The van der Waals surface area contributed by atoms with Crippen LogP contribution in [0.25, 0.3) is 0 Å². The molecule has 0 saturated carbocycles. The van der Waals surface area contributed by atoms with E-state index >= 15 is 0 Å². The maximum Gasteiger partial charge on any atom is 0.171 e. The molecule has 2 rings (SSSR count). The molecule has 2 N–H and O–H groups in total. The van der Waals surface area contributed by atoms with Crippen molar-refractivity contribution < 1.29 is 9.47 Å². The second-order valence-electron chi connectivity index (χ2n) is 5.54. The zero-order chi connectivity index (χ0) is 17.5. The van der Waals surface area contributed by atoms with Gasteiger partial charge in [-0.15, -0.1) is 0 Å². The summed E-state index contributed by atoms with van der Waals surface area (Å²) in [7, 11) is 3.25. The number of benzene rings is 2. The van der Waals surface area contributed by atoms with Crippen LogP contribution >= 0.6 is 12.2 Å². The lowest BCUT2D eigenvalue weighted by molar-refractivity contribution is 0.395. The zero-order valence-corrected chi connectivity index (χ0v) is 15.4. The zero-order valence-electron chi connectivity index (χ0n) is 14.6. The lowest BCUT2D eigenvalue weighted by Gasteiger charge is -2.21. The molecule has 0 aliphatic rings. The minimum absolute atomic E-state index is 0.162. The van der Waals surface area contributed by atoms with Crippen LogP contribution in [0, 0.1) is 6.92 Å². The van der Waals surface area contributed by atoms with Crippen molar-refractivity contribution in [1.29, 1.82) is 0 Å². The van der Waals surface area contributed by atoms with E-state index in [1.165, 1.54) is 11.1 Å². The molecule has 1 unspecified atom stereocenters. The van der Waals surface area contributed by atoms with E-state index in [0.717, 1.165) is 17.9 Å². The summed E-state index contributed by atoms with van der Waals surface area (Å²) in [4.78, 5) is 0. The topological polar surface area (TPSA) is 42.5 Å². The van der Waals surface area contributed by atoms with Gasteiger partial charge >= 0.3 is 0 Å². The van der Waals surface area contributed by atoms with Crippen molar-refractivity contribution in [3.63, 3.8) is 0 Å². The number of aryl methyl sites for hydroxylation is 1. The molecule has 0 aromatic heterocycles. The number of ether oxygens (including phenoxy) is 2. The normalized spacial score (nSPS) is 11.5. The van der Waals surface area contributed by atoms with Crippen molar-refractivity contribution >= 4 is 23.0 Å².